The Balaban J connectivity index is 1.45. The molecule has 5 rings (SSSR count). The molecule has 0 aliphatic carbocycles. The van der Waals surface area contributed by atoms with Crippen LogP contribution in [0.4, 0.5) is 11.6 Å². The van der Waals surface area contributed by atoms with Gasteiger partial charge in [-0.2, -0.15) is 0 Å². The van der Waals surface area contributed by atoms with E-state index in [0.29, 0.717) is 41.6 Å². The summed E-state index contributed by atoms with van der Waals surface area (Å²) in [5, 5.41) is 2.86. The largest absolute Gasteiger partial charge is 0.382 e. The molecule has 200 valence electrons. The molecule has 1 aliphatic heterocycles. The van der Waals surface area contributed by atoms with E-state index in [-0.39, 0.29) is 17.9 Å². The number of fused-ring (bicyclic) bond motifs is 1. The fraction of sp³-hybridized carbons (Fsp3) is 0.276. The molecule has 2 amide bonds. The van der Waals surface area contributed by atoms with E-state index in [1.807, 2.05) is 39.8 Å². The zero-order valence-corrected chi connectivity index (χ0v) is 22.0. The van der Waals surface area contributed by atoms with Crippen molar-refractivity contribution in [3.63, 3.8) is 0 Å². The number of amides is 2. The fourth-order valence-electron chi connectivity index (χ4n) is 4.89. The van der Waals surface area contributed by atoms with Gasteiger partial charge in [-0.15, -0.1) is 0 Å². The van der Waals surface area contributed by atoms with Crippen LogP contribution in [0, 0.1) is 0 Å². The average Bonchev–Trinajstić information content (AvgIpc) is 3.59. The Morgan fingerprint density at radius 3 is 2.77 bits per heavy atom. The molecule has 0 saturated carbocycles. The van der Waals surface area contributed by atoms with Crippen LogP contribution in [0.15, 0.2) is 67.1 Å². The number of hydrogen-bond donors (Lipinski definition) is 2. The van der Waals surface area contributed by atoms with Crippen molar-refractivity contribution in [2.24, 2.45) is 0 Å². The highest BCUT2D eigenvalue weighted by Crippen LogP contribution is 2.36. The molecular formula is C29H31N7O3. The van der Waals surface area contributed by atoms with E-state index in [0.717, 1.165) is 36.2 Å². The molecule has 4 aromatic rings. The van der Waals surface area contributed by atoms with Crippen LogP contribution in [0.3, 0.4) is 0 Å². The van der Waals surface area contributed by atoms with Crippen LogP contribution in [0.1, 0.15) is 47.6 Å². The molecule has 4 heterocycles. The van der Waals surface area contributed by atoms with Crippen LogP contribution in [0.5, 0.6) is 0 Å². The summed E-state index contributed by atoms with van der Waals surface area (Å²) in [5.74, 6) is 1.25. The van der Waals surface area contributed by atoms with E-state index >= 15 is 0 Å². The van der Waals surface area contributed by atoms with Crippen molar-refractivity contribution in [2.45, 2.75) is 32.2 Å². The summed E-state index contributed by atoms with van der Waals surface area (Å²) in [6.07, 6.45) is 10.9. The van der Waals surface area contributed by atoms with Crippen LogP contribution >= 0.6 is 0 Å². The van der Waals surface area contributed by atoms with Crippen molar-refractivity contribution in [1.29, 1.82) is 0 Å². The summed E-state index contributed by atoms with van der Waals surface area (Å²) < 4.78 is 6.95. The number of carbonyl (C=O) groups excluding carboxylic acids is 2. The lowest BCUT2D eigenvalue weighted by Gasteiger charge is -2.22. The van der Waals surface area contributed by atoms with Crippen LogP contribution in [-0.4, -0.2) is 56.3 Å². The van der Waals surface area contributed by atoms with Gasteiger partial charge in [0.15, 0.2) is 0 Å². The maximum Gasteiger partial charge on any atom is 0.256 e. The molecule has 1 aliphatic rings. The number of methoxy groups -OCH3 is 1. The average molecular weight is 526 g/mol. The van der Waals surface area contributed by atoms with Crippen LogP contribution in [-0.2, 0) is 16.0 Å². The third kappa shape index (κ3) is 5.37. The van der Waals surface area contributed by atoms with Crippen molar-refractivity contribution in [1.82, 2.24) is 24.3 Å². The van der Waals surface area contributed by atoms with E-state index < -0.39 is 0 Å². The quantitative estimate of drug-likeness (QED) is 0.332. The Labute approximate surface area is 226 Å². The van der Waals surface area contributed by atoms with Gasteiger partial charge in [0.05, 0.1) is 12.6 Å². The van der Waals surface area contributed by atoms with Gasteiger partial charge in [-0.3, -0.25) is 14.0 Å². The summed E-state index contributed by atoms with van der Waals surface area (Å²) in [6.45, 7) is 3.07. The molecule has 1 saturated heterocycles. The zero-order chi connectivity index (χ0) is 27.4. The number of imidazole rings is 1. The smallest absolute Gasteiger partial charge is 0.256 e. The second-order valence-corrected chi connectivity index (χ2v) is 9.33. The van der Waals surface area contributed by atoms with E-state index in [4.69, 9.17) is 15.5 Å². The molecule has 0 unspecified atom stereocenters. The van der Waals surface area contributed by atoms with Crippen molar-refractivity contribution in [3.8, 4) is 11.3 Å². The van der Waals surface area contributed by atoms with E-state index in [9.17, 15) is 9.59 Å². The lowest BCUT2D eigenvalue weighted by Crippen LogP contribution is -2.30. The molecule has 0 radical (unpaired) electrons. The van der Waals surface area contributed by atoms with Crippen LogP contribution in [0.2, 0.25) is 0 Å². The summed E-state index contributed by atoms with van der Waals surface area (Å²) in [6, 6.07) is 10.8. The number of carbonyl (C=O) groups is 2. The number of pyridine rings is 1. The number of benzene rings is 1. The molecule has 1 aromatic carbocycles. The molecule has 39 heavy (non-hydrogen) atoms. The van der Waals surface area contributed by atoms with Gasteiger partial charge in [0.25, 0.3) is 5.91 Å². The van der Waals surface area contributed by atoms with Gasteiger partial charge in [0.2, 0.25) is 5.91 Å². The standard InChI is InChI=1S/C29H31N7O3/c1-3-19-12-13-31-23(18-19)33-29(38)21-10-8-20(9-11-21)25-26-27(30)32-14-16-36(26)28(34-25)22-6-4-15-35(22)24(37)7-5-17-39-2/h5,7-14,16,18,22H,3-4,6,15,17H2,1-2H3,(H2,30,32)(H,31,33,38)/b7-5+/t22-/m0/s1. The fourth-order valence-corrected chi connectivity index (χ4v) is 4.89. The lowest BCUT2D eigenvalue weighted by molar-refractivity contribution is -0.127. The first-order valence-electron chi connectivity index (χ1n) is 13.0. The minimum absolute atomic E-state index is 0.0794. The Bertz CT molecular complexity index is 1530. The highest BCUT2D eigenvalue weighted by atomic mass is 16.5. The van der Waals surface area contributed by atoms with E-state index in [1.54, 1.807) is 43.8 Å². The van der Waals surface area contributed by atoms with Gasteiger partial charge >= 0.3 is 0 Å². The zero-order valence-electron chi connectivity index (χ0n) is 22.0. The molecule has 3 aromatic heterocycles. The predicted octanol–water partition coefficient (Wildman–Crippen LogP) is 4.05. The van der Waals surface area contributed by atoms with Crippen molar-refractivity contribution >= 4 is 29.0 Å². The normalized spacial score (nSPS) is 15.3. The Morgan fingerprint density at radius 1 is 1.18 bits per heavy atom. The Kier molecular flexibility index (Phi) is 7.64. The topological polar surface area (TPSA) is 128 Å². The van der Waals surface area contributed by atoms with Crippen molar-refractivity contribution in [2.75, 3.05) is 31.3 Å². The number of nitrogen functional groups attached to an aromatic ring is 1. The maximum atomic E-state index is 12.9. The number of aryl methyl sites for hydroxylation is 1. The van der Waals surface area contributed by atoms with Crippen LogP contribution in [0.25, 0.3) is 16.8 Å². The van der Waals surface area contributed by atoms with Gasteiger partial charge in [0.1, 0.15) is 28.7 Å². The second kappa shape index (κ2) is 11.4. The predicted molar refractivity (Wildman–Crippen MR) is 149 cm³/mol. The summed E-state index contributed by atoms with van der Waals surface area (Å²) in [5.41, 5.74) is 10.0. The number of nitrogens with zero attached hydrogens (tertiary/aromatic N) is 5. The monoisotopic (exact) mass is 525 g/mol. The van der Waals surface area contributed by atoms with Gasteiger partial charge in [-0.1, -0.05) is 25.1 Å². The van der Waals surface area contributed by atoms with Gasteiger partial charge in [-0.25, -0.2) is 15.0 Å². The number of likely N-dealkylation sites (tertiary alicyclic amines) is 1. The highest BCUT2D eigenvalue weighted by Gasteiger charge is 2.33. The first-order valence-corrected chi connectivity index (χ1v) is 13.0. The number of nitrogens with two attached hydrogens (primary N) is 1. The van der Waals surface area contributed by atoms with Gasteiger partial charge < -0.3 is 20.7 Å². The van der Waals surface area contributed by atoms with E-state index in [1.165, 1.54) is 0 Å². The van der Waals surface area contributed by atoms with Gasteiger partial charge in [-0.05, 0) is 49.1 Å². The summed E-state index contributed by atoms with van der Waals surface area (Å²) >= 11 is 0. The van der Waals surface area contributed by atoms with Crippen molar-refractivity contribution < 1.29 is 14.3 Å². The number of rotatable bonds is 8. The molecule has 0 bridgehead atoms. The summed E-state index contributed by atoms with van der Waals surface area (Å²) in [4.78, 5) is 41.1. The molecule has 0 spiro atoms. The number of hydrogen-bond acceptors (Lipinski definition) is 7. The minimum Gasteiger partial charge on any atom is -0.382 e. The number of anilines is 2. The first kappa shape index (κ1) is 26.1. The molecule has 10 nitrogen and oxygen atoms in total. The Hall–Kier alpha value is -4.57. The summed E-state index contributed by atoms with van der Waals surface area (Å²) in [7, 11) is 1.59. The minimum atomic E-state index is -0.250. The third-order valence-corrected chi connectivity index (χ3v) is 6.86. The molecule has 1 atom stereocenters. The number of aromatic nitrogens is 4. The Morgan fingerprint density at radius 2 is 2.00 bits per heavy atom. The van der Waals surface area contributed by atoms with E-state index in [2.05, 4.69) is 22.2 Å². The van der Waals surface area contributed by atoms with Crippen molar-refractivity contribution in [3.05, 3.63) is 84.1 Å². The highest BCUT2D eigenvalue weighted by molar-refractivity contribution is 6.04. The lowest BCUT2D eigenvalue weighted by atomic mass is 10.1. The molecule has 3 N–H and O–H groups in total. The SMILES string of the molecule is CCc1ccnc(NC(=O)c2ccc(-c3nc([C@@H]4CCCN4C(=O)/C=C/COC)n4ccnc(N)c34)cc2)c1. The second-order valence-electron chi connectivity index (χ2n) is 9.33. The molecule has 10 heteroatoms. The van der Waals surface area contributed by atoms with Crippen LogP contribution < -0.4 is 11.1 Å². The number of nitrogens with one attached hydrogen (secondary N) is 1. The first-order chi connectivity index (χ1) is 19.0. The van der Waals surface area contributed by atoms with Gasteiger partial charge in [0, 0.05) is 49.4 Å². The number of ether oxygens (including phenoxy) is 1. The molecule has 1 fully saturated rings. The molecular weight excluding hydrogens is 494 g/mol. The third-order valence-electron chi connectivity index (χ3n) is 6.86. The maximum absolute atomic E-state index is 12.9.